The first kappa shape index (κ1) is 8.64. The second-order valence-electron chi connectivity index (χ2n) is 3.22. The topological polar surface area (TPSA) is 54.7 Å². The number of hydrogen-bond donors (Lipinski definition) is 1. The van der Waals surface area contributed by atoms with Crippen LogP contribution in [0.3, 0.4) is 0 Å². The molecule has 3 nitrogen and oxygen atoms in total. The highest BCUT2D eigenvalue weighted by Gasteiger charge is 2.06. The molecule has 0 aliphatic carbocycles. The van der Waals surface area contributed by atoms with Crippen molar-refractivity contribution >= 4 is 16.6 Å². The summed E-state index contributed by atoms with van der Waals surface area (Å²) in [5.74, 6) is 0. The largest absolute Gasteiger partial charge is 0.399 e. The highest BCUT2D eigenvalue weighted by molar-refractivity contribution is 5.88. The second-order valence-corrected chi connectivity index (χ2v) is 3.22. The predicted molar refractivity (Wildman–Crippen MR) is 56.7 cm³/mol. The number of aromatic nitrogens is 1. The second kappa shape index (κ2) is 3.08. The number of benzene rings is 1. The average Bonchev–Trinajstić information content (AvgIpc) is 2.55. The first-order valence-electron chi connectivity index (χ1n) is 4.54. The number of rotatable bonds is 1. The van der Waals surface area contributed by atoms with Crippen LogP contribution in [0.1, 0.15) is 12.5 Å². The normalized spacial score (nSPS) is 10.3. The van der Waals surface area contributed by atoms with Gasteiger partial charge in [0.15, 0.2) is 0 Å². The van der Waals surface area contributed by atoms with Crippen molar-refractivity contribution in [3.63, 3.8) is 0 Å². The first-order chi connectivity index (χ1) is 6.76. The van der Waals surface area contributed by atoms with Gasteiger partial charge >= 0.3 is 0 Å². The number of nitrogen functional groups attached to an aromatic ring is 1. The molecule has 1 aromatic heterocycles. The highest BCUT2D eigenvalue weighted by atomic mass is 14.9. The predicted octanol–water partition coefficient (Wildman–Crippen LogP) is 2.12. The Hall–Kier alpha value is -1.95. The van der Waals surface area contributed by atoms with Gasteiger partial charge in [0.2, 0.25) is 0 Å². The van der Waals surface area contributed by atoms with Gasteiger partial charge in [0.05, 0.1) is 5.56 Å². The van der Waals surface area contributed by atoms with Crippen molar-refractivity contribution in [1.82, 2.24) is 4.57 Å². The third-order valence-corrected chi connectivity index (χ3v) is 2.37. The Morgan fingerprint density at radius 3 is 2.93 bits per heavy atom. The maximum absolute atomic E-state index is 8.93. The molecular weight excluding hydrogens is 174 g/mol. The number of anilines is 1. The van der Waals surface area contributed by atoms with E-state index in [9.17, 15) is 0 Å². The van der Waals surface area contributed by atoms with E-state index < -0.39 is 0 Å². The van der Waals surface area contributed by atoms with Crippen molar-refractivity contribution in [3.05, 3.63) is 30.0 Å². The standard InChI is InChI=1S/C11H11N3/c1-2-14-7-8(6-12)10-5-9(13)3-4-11(10)14/h3-5,7H,2,13H2,1H3. The van der Waals surface area contributed by atoms with Crippen LogP contribution in [0.2, 0.25) is 0 Å². The van der Waals surface area contributed by atoms with Gasteiger partial charge in [0.25, 0.3) is 0 Å². The molecule has 2 aromatic rings. The van der Waals surface area contributed by atoms with Gasteiger partial charge in [-0.1, -0.05) is 0 Å². The molecule has 2 N–H and O–H groups in total. The quantitative estimate of drug-likeness (QED) is 0.692. The lowest BCUT2D eigenvalue weighted by atomic mass is 10.2. The summed E-state index contributed by atoms with van der Waals surface area (Å²) >= 11 is 0. The van der Waals surface area contributed by atoms with Crippen molar-refractivity contribution in [1.29, 1.82) is 5.26 Å². The molecule has 0 aliphatic rings. The van der Waals surface area contributed by atoms with Crippen LogP contribution in [-0.2, 0) is 6.54 Å². The monoisotopic (exact) mass is 185 g/mol. The molecule has 0 atom stereocenters. The first-order valence-corrected chi connectivity index (χ1v) is 4.54. The van der Waals surface area contributed by atoms with Gasteiger partial charge in [-0.3, -0.25) is 0 Å². The number of fused-ring (bicyclic) bond motifs is 1. The molecule has 0 spiro atoms. The lowest BCUT2D eigenvalue weighted by molar-refractivity contribution is 0.797. The van der Waals surface area contributed by atoms with E-state index in [2.05, 4.69) is 13.0 Å². The lowest BCUT2D eigenvalue weighted by Crippen LogP contribution is -1.90. The zero-order valence-corrected chi connectivity index (χ0v) is 7.99. The third-order valence-electron chi connectivity index (χ3n) is 2.37. The highest BCUT2D eigenvalue weighted by Crippen LogP contribution is 2.23. The van der Waals surface area contributed by atoms with Gasteiger partial charge in [0.1, 0.15) is 6.07 Å². The molecular formula is C11H11N3. The maximum Gasteiger partial charge on any atom is 0.101 e. The summed E-state index contributed by atoms with van der Waals surface area (Å²) in [5, 5.41) is 9.87. The van der Waals surface area contributed by atoms with Crippen molar-refractivity contribution < 1.29 is 0 Å². The van der Waals surface area contributed by atoms with E-state index in [1.165, 1.54) is 0 Å². The van der Waals surface area contributed by atoms with Crippen LogP contribution in [0, 0.1) is 11.3 Å². The fourth-order valence-corrected chi connectivity index (χ4v) is 1.67. The molecule has 0 fully saturated rings. The summed E-state index contributed by atoms with van der Waals surface area (Å²) in [7, 11) is 0. The van der Waals surface area contributed by atoms with Crippen LogP contribution in [0.25, 0.3) is 10.9 Å². The minimum absolute atomic E-state index is 0.689. The Bertz CT molecular complexity index is 517. The molecule has 2 rings (SSSR count). The zero-order chi connectivity index (χ0) is 10.1. The van der Waals surface area contributed by atoms with Crippen LogP contribution in [0.5, 0.6) is 0 Å². The Labute approximate surface area is 82.4 Å². The molecule has 14 heavy (non-hydrogen) atoms. The molecule has 0 saturated heterocycles. The molecule has 1 aromatic carbocycles. The van der Waals surface area contributed by atoms with Gasteiger partial charge in [0, 0.05) is 29.3 Å². The van der Waals surface area contributed by atoms with Gasteiger partial charge in [-0.05, 0) is 25.1 Å². The van der Waals surface area contributed by atoms with E-state index in [0.717, 1.165) is 17.4 Å². The van der Waals surface area contributed by atoms with E-state index in [-0.39, 0.29) is 0 Å². The van der Waals surface area contributed by atoms with Crippen molar-refractivity contribution in [2.75, 3.05) is 5.73 Å². The van der Waals surface area contributed by atoms with Crippen molar-refractivity contribution in [3.8, 4) is 6.07 Å². The molecule has 0 saturated carbocycles. The molecule has 0 unspecified atom stereocenters. The van der Waals surface area contributed by atoms with Crippen molar-refractivity contribution in [2.24, 2.45) is 0 Å². The minimum Gasteiger partial charge on any atom is -0.399 e. The van der Waals surface area contributed by atoms with Gasteiger partial charge < -0.3 is 10.3 Å². The van der Waals surface area contributed by atoms with E-state index in [1.54, 1.807) is 0 Å². The van der Waals surface area contributed by atoms with Crippen LogP contribution in [-0.4, -0.2) is 4.57 Å². The summed E-state index contributed by atoms with van der Waals surface area (Å²) in [4.78, 5) is 0. The number of nitrogens with zero attached hydrogens (tertiary/aromatic N) is 2. The van der Waals surface area contributed by atoms with Gasteiger partial charge in [-0.2, -0.15) is 5.26 Å². The zero-order valence-electron chi connectivity index (χ0n) is 7.99. The molecule has 0 aliphatic heterocycles. The number of aryl methyl sites for hydroxylation is 1. The summed E-state index contributed by atoms with van der Waals surface area (Å²) in [6.45, 7) is 2.92. The van der Waals surface area contributed by atoms with Gasteiger partial charge in [-0.25, -0.2) is 0 Å². The van der Waals surface area contributed by atoms with Crippen LogP contribution >= 0.6 is 0 Å². The summed E-state index contributed by atoms with van der Waals surface area (Å²) in [6, 6.07) is 7.83. The molecule has 0 bridgehead atoms. The van der Waals surface area contributed by atoms with Crippen LogP contribution in [0.15, 0.2) is 24.4 Å². The summed E-state index contributed by atoms with van der Waals surface area (Å²) in [5.41, 5.74) is 8.13. The molecule has 1 heterocycles. The third kappa shape index (κ3) is 1.12. The SMILES string of the molecule is CCn1cc(C#N)c2cc(N)ccc21. The Balaban J connectivity index is 2.84. The Morgan fingerprint density at radius 1 is 1.50 bits per heavy atom. The van der Waals surface area contributed by atoms with E-state index in [1.807, 2.05) is 29.0 Å². The molecule has 0 amide bonds. The van der Waals surface area contributed by atoms with Crippen LogP contribution in [0.4, 0.5) is 5.69 Å². The average molecular weight is 185 g/mol. The smallest absolute Gasteiger partial charge is 0.101 e. The fraction of sp³-hybridized carbons (Fsp3) is 0.182. The summed E-state index contributed by atoms with van der Waals surface area (Å²) < 4.78 is 2.05. The Kier molecular flexibility index (Phi) is 1.90. The number of hydrogen-bond acceptors (Lipinski definition) is 2. The minimum atomic E-state index is 0.689. The Morgan fingerprint density at radius 2 is 2.29 bits per heavy atom. The van der Waals surface area contributed by atoms with E-state index >= 15 is 0 Å². The van der Waals surface area contributed by atoms with E-state index in [0.29, 0.717) is 11.3 Å². The van der Waals surface area contributed by atoms with E-state index in [4.69, 9.17) is 11.0 Å². The summed E-state index contributed by atoms with van der Waals surface area (Å²) in [6.07, 6.45) is 1.87. The molecule has 0 radical (unpaired) electrons. The number of nitrogens with two attached hydrogens (primary N) is 1. The molecule has 3 heteroatoms. The van der Waals surface area contributed by atoms with Crippen molar-refractivity contribution in [2.45, 2.75) is 13.5 Å². The fourth-order valence-electron chi connectivity index (χ4n) is 1.67. The number of nitriles is 1. The van der Waals surface area contributed by atoms with Crippen LogP contribution < -0.4 is 5.73 Å². The maximum atomic E-state index is 8.93. The molecule has 70 valence electrons. The van der Waals surface area contributed by atoms with Gasteiger partial charge in [-0.15, -0.1) is 0 Å². The lowest BCUT2D eigenvalue weighted by Gasteiger charge is -1.99.